The fraction of sp³-hybridized carbons (Fsp3) is 0.235. The van der Waals surface area contributed by atoms with Gasteiger partial charge in [0, 0.05) is 23.4 Å². The Morgan fingerprint density at radius 3 is 2.77 bits per heavy atom. The van der Waals surface area contributed by atoms with Gasteiger partial charge in [0.05, 0.1) is 4.88 Å². The van der Waals surface area contributed by atoms with E-state index in [9.17, 15) is 13.6 Å². The quantitative estimate of drug-likeness (QED) is 0.539. The molecule has 1 N–H and O–H groups in total. The van der Waals surface area contributed by atoms with Crippen LogP contribution >= 0.6 is 23.1 Å². The van der Waals surface area contributed by atoms with Gasteiger partial charge in [-0.3, -0.25) is 4.79 Å². The van der Waals surface area contributed by atoms with Crippen LogP contribution in [0.3, 0.4) is 0 Å². The molecule has 1 amide bonds. The summed E-state index contributed by atoms with van der Waals surface area (Å²) < 4.78 is 29.7. The number of rotatable bonds is 8. The van der Waals surface area contributed by atoms with Crippen LogP contribution in [0.1, 0.15) is 18.7 Å². The lowest BCUT2D eigenvalue weighted by atomic mass is 10.2. The van der Waals surface area contributed by atoms with Crippen molar-refractivity contribution in [2.45, 2.75) is 29.9 Å². The molecule has 0 bridgehead atoms. The summed E-state index contributed by atoms with van der Waals surface area (Å²) in [5, 5.41) is 8.60. The van der Waals surface area contributed by atoms with Gasteiger partial charge in [-0.15, -0.1) is 11.3 Å². The molecule has 0 atom stereocenters. The molecule has 0 aliphatic rings. The third-order valence-electron chi connectivity index (χ3n) is 3.37. The maximum absolute atomic E-state index is 12.3. The van der Waals surface area contributed by atoms with Crippen molar-refractivity contribution in [1.82, 2.24) is 10.1 Å². The number of amides is 1. The van der Waals surface area contributed by atoms with E-state index in [0.29, 0.717) is 53.3 Å². The molecule has 0 radical (unpaired) electrons. The highest BCUT2D eigenvalue weighted by Gasteiger charge is 2.10. The van der Waals surface area contributed by atoms with Gasteiger partial charge in [-0.1, -0.05) is 23.0 Å². The second kappa shape index (κ2) is 8.91. The number of carbonyl (C=O) groups is 1. The van der Waals surface area contributed by atoms with E-state index in [1.165, 1.54) is 11.3 Å². The summed E-state index contributed by atoms with van der Waals surface area (Å²) in [6.07, 6.45) is 1.37. The first kappa shape index (κ1) is 18.5. The molecule has 26 heavy (non-hydrogen) atoms. The largest absolute Gasteiger partial charge is 0.339 e. The minimum Gasteiger partial charge on any atom is -0.339 e. The maximum atomic E-state index is 12.3. The zero-order valence-corrected chi connectivity index (χ0v) is 15.2. The Morgan fingerprint density at radius 2 is 2.08 bits per heavy atom. The maximum Gasteiger partial charge on any atom is 0.288 e. The summed E-state index contributed by atoms with van der Waals surface area (Å²) in [6, 6.07) is 10.1. The van der Waals surface area contributed by atoms with Crippen molar-refractivity contribution in [3.63, 3.8) is 0 Å². The van der Waals surface area contributed by atoms with E-state index < -0.39 is 5.76 Å². The van der Waals surface area contributed by atoms with E-state index in [1.807, 2.05) is 17.5 Å². The number of aromatic nitrogens is 2. The zero-order chi connectivity index (χ0) is 18.4. The van der Waals surface area contributed by atoms with Gasteiger partial charge in [0.1, 0.15) is 0 Å². The van der Waals surface area contributed by atoms with Crippen LogP contribution < -0.4 is 5.32 Å². The Hall–Kier alpha value is -2.26. The number of aryl methyl sites for hydroxylation is 1. The zero-order valence-electron chi connectivity index (χ0n) is 13.5. The van der Waals surface area contributed by atoms with Gasteiger partial charge in [-0.2, -0.15) is 13.8 Å². The fourth-order valence-electron chi connectivity index (χ4n) is 2.21. The molecular formula is C17H15F2N3O2S2. The summed E-state index contributed by atoms with van der Waals surface area (Å²) in [5.74, 6) is -1.56. The topological polar surface area (TPSA) is 68.0 Å². The van der Waals surface area contributed by atoms with Gasteiger partial charge in [-0.05, 0) is 42.1 Å². The van der Waals surface area contributed by atoms with E-state index in [4.69, 9.17) is 4.52 Å². The predicted molar refractivity (Wildman–Crippen MR) is 97.5 cm³/mol. The molecule has 2 heterocycles. The molecule has 5 nitrogen and oxygen atoms in total. The number of benzene rings is 1. The number of hydrogen-bond acceptors (Lipinski definition) is 6. The molecule has 0 unspecified atom stereocenters. The van der Waals surface area contributed by atoms with Crippen LogP contribution in [0.4, 0.5) is 14.5 Å². The first-order valence-corrected chi connectivity index (χ1v) is 9.57. The van der Waals surface area contributed by atoms with E-state index in [2.05, 4.69) is 15.5 Å². The smallest absolute Gasteiger partial charge is 0.288 e. The van der Waals surface area contributed by atoms with Gasteiger partial charge < -0.3 is 9.84 Å². The van der Waals surface area contributed by atoms with E-state index in [0.717, 1.165) is 4.88 Å². The van der Waals surface area contributed by atoms with Gasteiger partial charge in [-0.25, -0.2) is 0 Å². The van der Waals surface area contributed by atoms with Crippen LogP contribution in [0.2, 0.25) is 0 Å². The first-order valence-electron chi connectivity index (χ1n) is 7.81. The molecule has 9 heteroatoms. The summed E-state index contributed by atoms with van der Waals surface area (Å²) in [6.45, 7) is 0. The Morgan fingerprint density at radius 1 is 1.27 bits per heavy atom. The highest BCUT2D eigenvalue weighted by molar-refractivity contribution is 7.99. The van der Waals surface area contributed by atoms with Crippen molar-refractivity contribution in [3.05, 3.63) is 47.7 Å². The van der Waals surface area contributed by atoms with Crippen molar-refractivity contribution in [3.8, 4) is 10.7 Å². The van der Waals surface area contributed by atoms with Crippen LogP contribution in [0, 0.1) is 0 Å². The summed E-state index contributed by atoms with van der Waals surface area (Å²) >= 11 is 2.00. The molecule has 3 rings (SSSR count). The minimum atomic E-state index is -2.46. The van der Waals surface area contributed by atoms with Gasteiger partial charge in [0.25, 0.3) is 5.76 Å². The van der Waals surface area contributed by atoms with E-state index in [1.54, 1.807) is 24.3 Å². The summed E-state index contributed by atoms with van der Waals surface area (Å²) in [4.78, 5) is 17.7. The van der Waals surface area contributed by atoms with Crippen LogP contribution in [-0.2, 0) is 11.2 Å². The molecule has 136 valence electrons. The second-order valence-electron chi connectivity index (χ2n) is 5.29. The predicted octanol–water partition coefficient (Wildman–Crippen LogP) is 5.07. The molecule has 0 aliphatic heterocycles. The minimum absolute atomic E-state index is 0.155. The Bertz CT molecular complexity index is 836. The molecule has 0 saturated heterocycles. The van der Waals surface area contributed by atoms with Crippen LogP contribution in [0.5, 0.6) is 0 Å². The molecule has 0 aliphatic carbocycles. The molecule has 0 fully saturated rings. The lowest BCUT2D eigenvalue weighted by molar-refractivity contribution is -0.116. The lowest BCUT2D eigenvalue weighted by Crippen LogP contribution is -2.11. The second-order valence-corrected chi connectivity index (χ2v) is 7.30. The van der Waals surface area contributed by atoms with Crippen molar-refractivity contribution >= 4 is 34.7 Å². The normalized spacial score (nSPS) is 11.0. The first-order chi connectivity index (χ1) is 12.6. The number of thiophene rings is 1. The SMILES string of the molecule is O=C(CCCc1nc(-c2cccs2)no1)Nc1ccc(SC(F)F)cc1. The Balaban J connectivity index is 1.43. The van der Waals surface area contributed by atoms with Crippen molar-refractivity contribution in [1.29, 1.82) is 0 Å². The number of carbonyl (C=O) groups excluding carboxylic acids is 1. The summed E-state index contributed by atoms with van der Waals surface area (Å²) in [7, 11) is 0. The standard InChI is InChI=1S/C17H15F2N3O2S2/c18-17(19)26-12-8-6-11(7-9-12)20-14(23)4-1-5-15-21-16(22-24-15)13-3-2-10-25-13/h2-3,6-10,17H,1,4-5H2,(H,20,23). The average molecular weight is 395 g/mol. The van der Waals surface area contributed by atoms with E-state index >= 15 is 0 Å². The molecule has 0 spiro atoms. The Labute approximate surface area is 156 Å². The number of alkyl halides is 2. The highest BCUT2D eigenvalue weighted by atomic mass is 32.2. The van der Waals surface area contributed by atoms with Gasteiger partial charge in [0.2, 0.25) is 17.6 Å². The van der Waals surface area contributed by atoms with Gasteiger partial charge in [0.15, 0.2) is 0 Å². The number of halogens is 2. The van der Waals surface area contributed by atoms with E-state index in [-0.39, 0.29) is 5.91 Å². The van der Waals surface area contributed by atoms with Crippen LogP contribution in [0.15, 0.2) is 51.2 Å². The molecule has 0 saturated carbocycles. The number of hydrogen-bond donors (Lipinski definition) is 1. The molecule has 1 aromatic carbocycles. The van der Waals surface area contributed by atoms with Crippen molar-refractivity contribution in [2.75, 3.05) is 5.32 Å². The van der Waals surface area contributed by atoms with Crippen molar-refractivity contribution in [2.24, 2.45) is 0 Å². The van der Waals surface area contributed by atoms with Crippen LogP contribution in [-0.4, -0.2) is 21.8 Å². The monoisotopic (exact) mass is 395 g/mol. The molecule has 2 aromatic heterocycles. The van der Waals surface area contributed by atoms with Gasteiger partial charge >= 0.3 is 0 Å². The number of nitrogens with one attached hydrogen (secondary N) is 1. The molecule has 3 aromatic rings. The Kier molecular flexibility index (Phi) is 6.35. The summed E-state index contributed by atoms with van der Waals surface area (Å²) in [5.41, 5.74) is 0.575. The molecular weight excluding hydrogens is 380 g/mol. The lowest BCUT2D eigenvalue weighted by Gasteiger charge is -2.06. The number of nitrogens with zero attached hydrogens (tertiary/aromatic N) is 2. The van der Waals surface area contributed by atoms with Crippen molar-refractivity contribution < 1.29 is 18.1 Å². The average Bonchev–Trinajstić information content (AvgIpc) is 3.27. The number of thioether (sulfide) groups is 1. The third kappa shape index (κ3) is 5.37. The van der Waals surface area contributed by atoms with Crippen LogP contribution in [0.25, 0.3) is 10.7 Å². The number of anilines is 1. The highest BCUT2D eigenvalue weighted by Crippen LogP contribution is 2.26. The third-order valence-corrected chi connectivity index (χ3v) is 4.96. The fourth-order valence-corrected chi connectivity index (χ4v) is 3.35.